The molecule has 0 aliphatic carbocycles. The van der Waals surface area contributed by atoms with Crippen LogP contribution in [-0.4, -0.2) is 35.6 Å². The lowest BCUT2D eigenvalue weighted by molar-refractivity contribution is -0.137. The monoisotopic (exact) mass is 451 g/mol. The van der Waals surface area contributed by atoms with Crippen LogP contribution in [0.1, 0.15) is 18.1 Å². The van der Waals surface area contributed by atoms with E-state index in [1.807, 2.05) is 0 Å². The van der Waals surface area contributed by atoms with E-state index in [4.69, 9.17) is 0 Å². The summed E-state index contributed by atoms with van der Waals surface area (Å²) in [5.74, 6) is -0.158. The highest BCUT2D eigenvalue weighted by atomic mass is 32.2. The van der Waals surface area contributed by atoms with E-state index >= 15 is 0 Å². The highest BCUT2D eigenvalue weighted by Gasteiger charge is 2.32. The average molecular weight is 451 g/mol. The molecule has 0 atom stereocenters. The molecule has 0 fully saturated rings. The number of carbonyl (C=O) groups is 1. The molecule has 12 heteroatoms. The summed E-state index contributed by atoms with van der Waals surface area (Å²) >= 11 is 0. The Morgan fingerprint density at radius 1 is 1.13 bits per heavy atom. The number of nitrogens with one attached hydrogen (secondary N) is 1. The number of fused-ring (bicyclic) bond motifs is 1. The van der Waals surface area contributed by atoms with Crippen molar-refractivity contribution >= 4 is 27.3 Å². The number of alkyl halides is 3. The van der Waals surface area contributed by atoms with Gasteiger partial charge in [0, 0.05) is 19.2 Å². The zero-order chi connectivity index (χ0) is 22.4. The van der Waals surface area contributed by atoms with Gasteiger partial charge in [-0.05, 0) is 48.4 Å². The maximum absolute atomic E-state index is 13.2. The Bertz CT molecular complexity index is 1260. The maximum Gasteiger partial charge on any atom is 0.416 e. The summed E-state index contributed by atoms with van der Waals surface area (Å²) in [5.41, 5.74) is 0.0525. The summed E-state index contributed by atoms with van der Waals surface area (Å²) in [4.78, 5) is 16.8. The van der Waals surface area contributed by atoms with Crippen molar-refractivity contribution in [3.05, 3.63) is 60.2 Å². The average Bonchev–Trinajstić information content (AvgIpc) is 3.36. The lowest BCUT2D eigenvalue weighted by Gasteiger charge is -2.17. The van der Waals surface area contributed by atoms with Crippen LogP contribution >= 0.6 is 0 Å². The number of aromatic nitrogens is 3. The van der Waals surface area contributed by atoms with Gasteiger partial charge in [-0.2, -0.15) is 18.3 Å². The fraction of sp³-hybridized carbons (Fsp3) is 0.211. The number of hydrogen-bond donors (Lipinski definition) is 1. The minimum absolute atomic E-state index is 0.0815. The number of nitrogens with zero attached hydrogens (tertiary/aromatic N) is 4. The molecule has 0 spiro atoms. The molecule has 162 valence electrons. The fourth-order valence-corrected chi connectivity index (χ4v) is 4.52. The van der Waals surface area contributed by atoms with Crippen molar-refractivity contribution in [2.45, 2.75) is 24.4 Å². The predicted molar refractivity (Wildman–Crippen MR) is 105 cm³/mol. The van der Waals surface area contributed by atoms with Crippen LogP contribution in [0.4, 0.5) is 24.5 Å². The van der Waals surface area contributed by atoms with Gasteiger partial charge in [0.25, 0.3) is 10.0 Å². The molecule has 0 saturated carbocycles. The third kappa shape index (κ3) is 3.98. The molecule has 2 heterocycles. The van der Waals surface area contributed by atoms with Crippen molar-refractivity contribution in [3.8, 4) is 5.69 Å². The van der Waals surface area contributed by atoms with E-state index < -0.39 is 21.8 Å². The first kappa shape index (κ1) is 20.8. The van der Waals surface area contributed by atoms with E-state index in [-0.39, 0.29) is 22.2 Å². The van der Waals surface area contributed by atoms with Gasteiger partial charge in [0.15, 0.2) is 0 Å². The van der Waals surface area contributed by atoms with Crippen LogP contribution in [0.2, 0.25) is 0 Å². The first-order valence-electron chi connectivity index (χ1n) is 9.06. The van der Waals surface area contributed by atoms with E-state index in [0.717, 1.165) is 16.8 Å². The van der Waals surface area contributed by atoms with Crippen molar-refractivity contribution < 1.29 is 26.4 Å². The molecule has 0 radical (unpaired) electrons. The second-order valence-corrected chi connectivity index (χ2v) is 8.57. The second kappa shape index (κ2) is 7.38. The second-order valence-electron chi connectivity index (χ2n) is 6.89. The Kier molecular flexibility index (Phi) is 4.96. The first-order chi connectivity index (χ1) is 14.6. The number of hydrogen-bond acceptors (Lipinski definition) is 5. The van der Waals surface area contributed by atoms with E-state index in [0.29, 0.717) is 30.3 Å². The van der Waals surface area contributed by atoms with Crippen molar-refractivity contribution in [1.82, 2.24) is 14.8 Å². The van der Waals surface area contributed by atoms with Crippen molar-refractivity contribution in [2.24, 2.45) is 0 Å². The van der Waals surface area contributed by atoms with Gasteiger partial charge in [0.2, 0.25) is 5.91 Å². The van der Waals surface area contributed by atoms with Gasteiger partial charge in [-0.1, -0.05) is 0 Å². The Labute approximate surface area is 175 Å². The summed E-state index contributed by atoms with van der Waals surface area (Å²) in [7, 11) is -4.23. The van der Waals surface area contributed by atoms with E-state index in [1.165, 1.54) is 42.7 Å². The Morgan fingerprint density at radius 2 is 1.87 bits per heavy atom. The third-order valence-electron chi connectivity index (χ3n) is 4.87. The Balaban J connectivity index is 1.74. The molecule has 2 aromatic carbocycles. The van der Waals surface area contributed by atoms with Gasteiger partial charge in [0.05, 0.1) is 21.8 Å². The van der Waals surface area contributed by atoms with E-state index in [9.17, 15) is 26.4 Å². The maximum atomic E-state index is 13.2. The lowest BCUT2D eigenvalue weighted by Crippen LogP contribution is -2.25. The van der Waals surface area contributed by atoms with Gasteiger partial charge in [-0.25, -0.2) is 18.1 Å². The van der Waals surface area contributed by atoms with E-state index in [2.05, 4.69) is 14.8 Å². The van der Waals surface area contributed by atoms with Crippen LogP contribution in [0, 0.1) is 0 Å². The molecule has 4 rings (SSSR count). The van der Waals surface area contributed by atoms with Crippen LogP contribution in [0.5, 0.6) is 0 Å². The minimum Gasteiger partial charge on any atom is -0.312 e. The predicted octanol–water partition coefficient (Wildman–Crippen LogP) is 3.00. The molecule has 1 aromatic heterocycles. The van der Waals surface area contributed by atoms with Crippen LogP contribution in [0.15, 0.2) is 53.9 Å². The molecule has 0 unspecified atom stereocenters. The number of benzene rings is 2. The number of amides is 1. The third-order valence-corrected chi connectivity index (χ3v) is 6.23. The highest BCUT2D eigenvalue weighted by Crippen LogP contribution is 2.35. The molecule has 3 aromatic rings. The molecule has 1 aliphatic heterocycles. The van der Waals surface area contributed by atoms with Gasteiger partial charge in [-0.3, -0.25) is 9.52 Å². The zero-order valence-corrected chi connectivity index (χ0v) is 16.9. The molecule has 0 saturated heterocycles. The number of sulfonamides is 1. The molecule has 1 amide bonds. The highest BCUT2D eigenvalue weighted by molar-refractivity contribution is 7.92. The van der Waals surface area contributed by atoms with Crippen molar-refractivity contribution in [1.29, 1.82) is 0 Å². The Hall–Kier alpha value is -3.41. The number of carbonyl (C=O) groups excluding carboxylic acids is 1. The molecule has 0 bridgehead atoms. The molecular formula is C19H16F3N5O3S. The standard InChI is InChI=1S/C19H16F3N5O3S/c1-12(28)26-7-6-13-8-15(3-5-17(13)26)31(29,30)25-16-9-14(19(20,21)22)2-4-18(16)27-11-23-10-24-27/h2-5,8-11,25H,6-7H2,1H3. The first-order valence-corrected chi connectivity index (χ1v) is 10.5. The molecule has 8 nitrogen and oxygen atoms in total. The molecule has 1 N–H and O–H groups in total. The quantitative estimate of drug-likeness (QED) is 0.658. The zero-order valence-electron chi connectivity index (χ0n) is 16.1. The number of anilines is 2. The normalized spacial score (nSPS) is 13.9. The van der Waals surface area contributed by atoms with Gasteiger partial charge < -0.3 is 4.90 Å². The topological polar surface area (TPSA) is 97.2 Å². The SMILES string of the molecule is CC(=O)N1CCc2cc(S(=O)(=O)Nc3cc(C(F)(F)F)ccc3-n3cncn3)ccc21. The lowest BCUT2D eigenvalue weighted by atomic mass is 10.1. The van der Waals surface area contributed by atoms with Crippen LogP contribution in [0.3, 0.4) is 0 Å². The molecular weight excluding hydrogens is 435 g/mol. The smallest absolute Gasteiger partial charge is 0.312 e. The summed E-state index contributed by atoms with van der Waals surface area (Å²) < 4.78 is 69.0. The van der Waals surface area contributed by atoms with Gasteiger partial charge in [0.1, 0.15) is 12.7 Å². The van der Waals surface area contributed by atoms with E-state index in [1.54, 1.807) is 0 Å². The minimum atomic E-state index is -4.66. The van der Waals surface area contributed by atoms with Crippen LogP contribution < -0.4 is 9.62 Å². The molecule has 31 heavy (non-hydrogen) atoms. The number of halogens is 3. The van der Waals surface area contributed by atoms with Crippen molar-refractivity contribution in [3.63, 3.8) is 0 Å². The van der Waals surface area contributed by atoms with Crippen LogP contribution in [0.25, 0.3) is 5.69 Å². The van der Waals surface area contributed by atoms with Gasteiger partial charge in [-0.15, -0.1) is 0 Å². The van der Waals surface area contributed by atoms with Crippen LogP contribution in [-0.2, 0) is 27.4 Å². The van der Waals surface area contributed by atoms with Crippen molar-refractivity contribution in [2.75, 3.05) is 16.2 Å². The molecule has 1 aliphatic rings. The van der Waals surface area contributed by atoms with Gasteiger partial charge >= 0.3 is 6.18 Å². The number of rotatable bonds is 4. The fourth-order valence-electron chi connectivity index (χ4n) is 3.40. The summed E-state index contributed by atoms with van der Waals surface area (Å²) in [6.45, 7) is 1.85. The summed E-state index contributed by atoms with van der Waals surface area (Å²) in [6, 6.07) is 6.90. The Morgan fingerprint density at radius 3 is 2.52 bits per heavy atom. The summed E-state index contributed by atoms with van der Waals surface area (Å²) in [5, 5.41) is 3.87. The summed E-state index contributed by atoms with van der Waals surface area (Å²) in [6.07, 6.45) is -1.76. The largest absolute Gasteiger partial charge is 0.416 e.